The lowest BCUT2D eigenvalue weighted by Crippen LogP contribution is -2.36. The van der Waals surface area contributed by atoms with E-state index in [1.165, 1.54) is 11.0 Å². The largest absolute Gasteiger partial charge is 0.489 e. The molecule has 1 unspecified atom stereocenters. The molecule has 3 aliphatic heterocycles. The summed E-state index contributed by atoms with van der Waals surface area (Å²) in [6.45, 7) is 7.07. The summed E-state index contributed by atoms with van der Waals surface area (Å²) in [6, 6.07) is 8.79. The van der Waals surface area contributed by atoms with Gasteiger partial charge in [-0.25, -0.2) is 19.0 Å². The summed E-state index contributed by atoms with van der Waals surface area (Å²) in [4.78, 5) is 45.3. The summed E-state index contributed by atoms with van der Waals surface area (Å²) < 4.78 is 28.8. The molecular weight excluding hydrogens is 543 g/mol. The van der Waals surface area contributed by atoms with E-state index in [9.17, 15) is 19.5 Å². The average Bonchev–Trinajstić information content (AvgIpc) is 3.71. The quantitative estimate of drug-likeness (QED) is 0.448. The van der Waals surface area contributed by atoms with Crippen LogP contribution in [0.5, 0.6) is 5.75 Å². The Hall–Kier alpha value is -4.41. The van der Waals surface area contributed by atoms with E-state index < -0.39 is 29.3 Å². The first-order valence-electron chi connectivity index (χ1n) is 14.1. The number of benzene rings is 2. The highest BCUT2D eigenvalue weighted by Gasteiger charge is 2.42. The predicted molar refractivity (Wildman–Crippen MR) is 149 cm³/mol. The molecule has 0 spiro atoms. The van der Waals surface area contributed by atoms with E-state index in [1.807, 2.05) is 25.3 Å². The molecule has 0 aliphatic carbocycles. The van der Waals surface area contributed by atoms with Crippen molar-refractivity contribution in [2.45, 2.75) is 70.9 Å². The smallest absolute Gasteiger partial charge is 0.410 e. The Labute approximate surface area is 242 Å². The molecule has 1 saturated heterocycles. The molecule has 3 aromatic rings. The van der Waals surface area contributed by atoms with Crippen molar-refractivity contribution in [2.24, 2.45) is 0 Å². The number of hydrogen-bond donors (Lipinski definition) is 1. The summed E-state index contributed by atoms with van der Waals surface area (Å²) in [5.74, 6) is -1.69. The number of carbonyl (C=O) groups is 3. The van der Waals surface area contributed by atoms with Crippen LogP contribution in [0, 0.1) is 5.82 Å². The number of carboxylic acids is 1. The third-order valence-corrected chi connectivity index (χ3v) is 7.90. The maximum Gasteiger partial charge on any atom is 0.410 e. The number of hydrogen-bond acceptors (Lipinski definition) is 6. The van der Waals surface area contributed by atoms with E-state index in [1.54, 1.807) is 41.6 Å². The number of likely N-dealkylation sites (tertiary alicyclic amines) is 1. The number of ether oxygens (including phenoxy) is 2. The van der Waals surface area contributed by atoms with Gasteiger partial charge in [-0.3, -0.25) is 4.79 Å². The van der Waals surface area contributed by atoms with Gasteiger partial charge in [-0.05, 0) is 69.0 Å². The molecule has 1 aromatic heterocycles. The lowest BCUT2D eigenvalue weighted by atomic mass is 9.99. The minimum atomic E-state index is -1.29. The van der Waals surface area contributed by atoms with Crippen LogP contribution in [0.15, 0.2) is 42.7 Å². The molecule has 2 atom stereocenters. The molecule has 0 radical (unpaired) electrons. The maximum absolute atomic E-state index is 15.4. The third kappa shape index (κ3) is 5.19. The van der Waals surface area contributed by atoms with E-state index in [-0.39, 0.29) is 29.9 Å². The zero-order valence-electron chi connectivity index (χ0n) is 23.8. The van der Waals surface area contributed by atoms with Crippen LogP contribution in [0.4, 0.5) is 9.18 Å². The van der Waals surface area contributed by atoms with Gasteiger partial charge < -0.3 is 28.9 Å². The van der Waals surface area contributed by atoms with E-state index in [0.717, 1.165) is 18.7 Å². The van der Waals surface area contributed by atoms with Crippen LogP contribution >= 0.6 is 0 Å². The van der Waals surface area contributed by atoms with Crippen molar-refractivity contribution in [1.82, 2.24) is 19.4 Å². The van der Waals surface area contributed by atoms with Gasteiger partial charge in [0.1, 0.15) is 23.3 Å². The fraction of sp³-hybridized carbons (Fsp3) is 0.419. The molecular formula is C31H33FN4O6. The normalized spacial score (nSPS) is 18.7. The monoisotopic (exact) mass is 576 g/mol. The minimum Gasteiger partial charge on any atom is -0.489 e. The molecule has 1 N–H and O–H groups in total. The zero-order chi connectivity index (χ0) is 29.8. The SMILES string of the molecule is CC(C)(C)OC(=O)N1CC[C@@H](Oc2ccc(-c3cc(F)c4c(c3)C(=O)N(C(C(=O)O)c3ncn5c3CCC5)C4)cc2)C1. The second-order valence-electron chi connectivity index (χ2n) is 12.0. The van der Waals surface area contributed by atoms with Crippen molar-refractivity contribution >= 4 is 18.0 Å². The first-order valence-corrected chi connectivity index (χ1v) is 14.1. The molecule has 10 nitrogen and oxygen atoms in total. The van der Waals surface area contributed by atoms with Gasteiger partial charge in [0.05, 0.1) is 25.1 Å². The lowest BCUT2D eigenvalue weighted by molar-refractivity contribution is -0.142. The molecule has 11 heteroatoms. The summed E-state index contributed by atoms with van der Waals surface area (Å²) in [7, 11) is 0. The molecule has 2 aromatic carbocycles. The minimum absolute atomic E-state index is 0.141. The Kier molecular flexibility index (Phi) is 6.90. The van der Waals surface area contributed by atoms with Crippen molar-refractivity contribution in [2.75, 3.05) is 13.1 Å². The Morgan fingerprint density at radius 2 is 1.88 bits per heavy atom. The number of rotatable bonds is 6. The number of aliphatic carboxylic acids is 1. The third-order valence-electron chi connectivity index (χ3n) is 7.90. The van der Waals surface area contributed by atoms with Crippen LogP contribution in [0.2, 0.25) is 0 Å². The van der Waals surface area contributed by atoms with Crippen LogP contribution in [-0.2, 0) is 29.0 Å². The number of carboxylic acid groups (broad SMARTS) is 1. The van der Waals surface area contributed by atoms with Gasteiger partial charge in [0.25, 0.3) is 5.91 Å². The highest BCUT2D eigenvalue weighted by atomic mass is 19.1. The topological polar surface area (TPSA) is 114 Å². The van der Waals surface area contributed by atoms with E-state index in [0.29, 0.717) is 48.5 Å². The fourth-order valence-electron chi connectivity index (χ4n) is 5.93. The van der Waals surface area contributed by atoms with E-state index in [4.69, 9.17) is 9.47 Å². The van der Waals surface area contributed by atoms with Crippen molar-refractivity contribution in [3.05, 3.63) is 71.1 Å². The lowest BCUT2D eigenvalue weighted by Gasteiger charge is -2.24. The van der Waals surface area contributed by atoms with Crippen molar-refractivity contribution in [3.63, 3.8) is 0 Å². The van der Waals surface area contributed by atoms with Gasteiger partial charge in [-0.15, -0.1) is 0 Å². The molecule has 0 saturated carbocycles. The number of imidazole rings is 1. The Morgan fingerprint density at radius 3 is 2.60 bits per heavy atom. The summed E-state index contributed by atoms with van der Waals surface area (Å²) >= 11 is 0. The summed E-state index contributed by atoms with van der Waals surface area (Å²) in [5.41, 5.74) is 2.10. The molecule has 2 amide bonds. The second-order valence-corrected chi connectivity index (χ2v) is 12.0. The van der Waals surface area contributed by atoms with Crippen LogP contribution in [-0.4, -0.2) is 67.2 Å². The van der Waals surface area contributed by atoms with Gasteiger partial charge in [-0.1, -0.05) is 12.1 Å². The number of nitrogens with zero attached hydrogens (tertiary/aromatic N) is 4. The number of aromatic nitrogens is 2. The van der Waals surface area contributed by atoms with Crippen molar-refractivity contribution in [3.8, 4) is 16.9 Å². The molecule has 3 aliphatic rings. The summed E-state index contributed by atoms with van der Waals surface area (Å²) in [6.07, 6.45) is 3.32. The van der Waals surface area contributed by atoms with Gasteiger partial charge in [-0.2, -0.15) is 0 Å². The molecule has 0 bridgehead atoms. The van der Waals surface area contributed by atoms with Crippen LogP contribution < -0.4 is 4.74 Å². The molecule has 42 heavy (non-hydrogen) atoms. The number of amides is 2. The second kappa shape index (κ2) is 10.5. The van der Waals surface area contributed by atoms with Crippen LogP contribution in [0.1, 0.15) is 67.0 Å². The number of halogens is 1. The van der Waals surface area contributed by atoms with Crippen LogP contribution in [0.3, 0.4) is 0 Å². The average molecular weight is 577 g/mol. The van der Waals surface area contributed by atoms with Crippen LogP contribution in [0.25, 0.3) is 11.1 Å². The molecule has 220 valence electrons. The standard InChI is InChI=1S/C31H33FN4O6/c1-31(2,3)42-30(40)34-12-10-21(15-34)41-20-8-6-18(7-9-20)19-13-22-23(24(32)14-19)16-36(28(22)37)27(29(38)39)26-25-5-4-11-35(25)17-33-26/h6-9,13-14,17,21,27H,4-5,10-12,15-16H2,1-3H3,(H,38,39)/t21-,27?/m1/s1. The zero-order valence-corrected chi connectivity index (χ0v) is 23.8. The molecule has 4 heterocycles. The van der Waals surface area contributed by atoms with Crippen molar-refractivity contribution < 1.29 is 33.4 Å². The number of aryl methyl sites for hydroxylation is 1. The Bertz CT molecular complexity index is 1560. The maximum atomic E-state index is 15.4. The highest BCUT2D eigenvalue weighted by Crippen LogP contribution is 2.37. The van der Waals surface area contributed by atoms with Gasteiger partial charge in [0.15, 0.2) is 6.04 Å². The van der Waals surface area contributed by atoms with E-state index >= 15 is 4.39 Å². The van der Waals surface area contributed by atoms with Gasteiger partial charge >= 0.3 is 12.1 Å². The fourth-order valence-corrected chi connectivity index (χ4v) is 5.93. The first kappa shape index (κ1) is 27.7. The van der Waals surface area contributed by atoms with E-state index in [2.05, 4.69) is 4.98 Å². The predicted octanol–water partition coefficient (Wildman–Crippen LogP) is 4.81. The van der Waals surface area contributed by atoms with Gasteiger partial charge in [0, 0.05) is 36.3 Å². The Balaban J connectivity index is 1.16. The van der Waals surface area contributed by atoms with Crippen molar-refractivity contribution in [1.29, 1.82) is 0 Å². The Morgan fingerprint density at radius 1 is 1.12 bits per heavy atom. The number of carbonyl (C=O) groups excluding carboxylic acids is 2. The number of fused-ring (bicyclic) bond motifs is 2. The van der Waals surface area contributed by atoms with Gasteiger partial charge in [0.2, 0.25) is 0 Å². The molecule has 6 rings (SSSR count). The highest BCUT2D eigenvalue weighted by molar-refractivity contribution is 6.01. The first-order chi connectivity index (χ1) is 20.0. The molecule has 1 fully saturated rings. The summed E-state index contributed by atoms with van der Waals surface area (Å²) in [5, 5.41) is 10.1.